The second kappa shape index (κ2) is 6.62. The molecule has 0 amide bonds. The first-order chi connectivity index (χ1) is 7.25. The standard InChI is InChI=1S/C11H13N2OS.Y/c1-8(14)7-12-13-11-6-9-4-2-3-5-10(9)15-11;/h7,13H,2-5H2,1H3;/q-1;/b12-7-;. The van der Waals surface area contributed by atoms with Gasteiger partial charge >= 0.3 is 0 Å². The Labute approximate surface area is 125 Å². The van der Waals surface area contributed by atoms with Crippen LogP contribution in [0.5, 0.6) is 0 Å². The summed E-state index contributed by atoms with van der Waals surface area (Å²) in [5.41, 5.74) is 4.17. The molecule has 1 radical (unpaired) electrons. The quantitative estimate of drug-likeness (QED) is 0.529. The first-order valence-corrected chi connectivity index (χ1v) is 5.91. The molecule has 1 N–H and O–H groups in total. The maximum Gasteiger partial charge on any atom is 0.172 e. The maximum atomic E-state index is 10.6. The number of ketones is 1. The second-order valence-electron chi connectivity index (χ2n) is 3.65. The number of fused-ring (bicyclic) bond motifs is 1. The van der Waals surface area contributed by atoms with E-state index in [2.05, 4.69) is 16.6 Å². The number of nitrogens with zero attached hydrogens (tertiary/aromatic N) is 1. The van der Waals surface area contributed by atoms with Gasteiger partial charge < -0.3 is 0 Å². The van der Waals surface area contributed by atoms with E-state index in [1.54, 1.807) is 11.3 Å². The predicted molar refractivity (Wildman–Crippen MR) is 62.6 cm³/mol. The van der Waals surface area contributed by atoms with Gasteiger partial charge in [-0.1, -0.05) is 25.7 Å². The molecular weight excluding hydrogens is 297 g/mol. The Morgan fingerprint density at radius 1 is 1.50 bits per heavy atom. The molecule has 3 nitrogen and oxygen atoms in total. The molecule has 1 aliphatic carbocycles. The second-order valence-corrected chi connectivity index (χ2v) is 4.75. The Kier molecular flexibility index (Phi) is 5.80. The number of hydrogen-bond acceptors (Lipinski definition) is 4. The molecule has 0 unspecified atom stereocenters. The van der Waals surface area contributed by atoms with Crippen LogP contribution in [0, 0.1) is 6.07 Å². The predicted octanol–water partition coefficient (Wildman–Crippen LogP) is 2.41. The van der Waals surface area contributed by atoms with Gasteiger partial charge in [0.2, 0.25) is 0 Å². The molecule has 1 heterocycles. The zero-order valence-corrected chi connectivity index (χ0v) is 12.9. The average molecular weight is 310 g/mol. The summed E-state index contributed by atoms with van der Waals surface area (Å²) in [6.45, 7) is 1.48. The van der Waals surface area contributed by atoms with Crippen LogP contribution in [-0.2, 0) is 50.3 Å². The Morgan fingerprint density at radius 3 is 2.94 bits per heavy atom. The van der Waals surface area contributed by atoms with Gasteiger partial charge in [-0.25, -0.2) is 23.0 Å². The van der Waals surface area contributed by atoms with Crippen molar-refractivity contribution < 1.29 is 37.5 Å². The maximum absolute atomic E-state index is 10.6. The fourth-order valence-corrected chi connectivity index (χ4v) is 2.68. The Bertz CT molecular complexity index is 377. The Balaban J connectivity index is 0.00000128. The fourth-order valence-electron chi connectivity index (χ4n) is 1.64. The topological polar surface area (TPSA) is 41.5 Å². The summed E-state index contributed by atoms with van der Waals surface area (Å²) in [5, 5.41) is 4.76. The van der Waals surface area contributed by atoms with Crippen molar-refractivity contribution in [2.45, 2.75) is 32.6 Å². The molecule has 5 heteroatoms. The van der Waals surface area contributed by atoms with Crippen LogP contribution in [0.15, 0.2) is 5.10 Å². The SMILES string of the molecule is CC(=O)/C=N\Nc1[c-]c2c(s1)CCCC2.[Y]. The van der Waals surface area contributed by atoms with Crippen molar-refractivity contribution in [3.05, 3.63) is 16.5 Å². The third-order valence-electron chi connectivity index (χ3n) is 2.32. The van der Waals surface area contributed by atoms with E-state index in [0.29, 0.717) is 0 Å². The minimum Gasteiger partial charge on any atom is -0.293 e. The van der Waals surface area contributed by atoms with E-state index >= 15 is 0 Å². The zero-order chi connectivity index (χ0) is 10.7. The van der Waals surface area contributed by atoms with Crippen molar-refractivity contribution in [3.63, 3.8) is 0 Å². The van der Waals surface area contributed by atoms with Gasteiger partial charge in [0.25, 0.3) is 0 Å². The molecule has 0 fully saturated rings. The van der Waals surface area contributed by atoms with Gasteiger partial charge in [-0.15, -0.1) is 4.88 Å². The number of thiophene rings is 1. The average Bonchev–Trinajstić information content (AvgIpc) is 2.59. The Hall–Kier alpha value is -0.0561. The van der Waals surface area contributed by atoms with Gasteiger partial charge in [-0.2, -0.15) is 5.10 Å². The van der Waals surface area contributed by atoms with Crippen LogP contribution < -0.4 is 5.43 Å². The van der Waals surface area contributed by atoms with Crippen LogP contribution >= 0.6 is 11.3 Å². The fraction of sp³-hybridized carbons (Fsp3) is 0.455. The Morgan fingerprint density at radius 2 is 2.25 bits per heavy atom. The van der Waals surface area contributed by atoms with E-state index in [-0.39, 0.29) is 38.5 Å². The van der Waals surface area contributed by atoms with Gasteiger partial charge in [0, 0.05) is 44.6 Å². The van der Waals surface area contributed by atoms with Crippen LogP contribution in [0.1, 0.15) is 30.2 Å². The summed E-state index contributed by atoms with van der Waals surface area (Å²) < 4.78 is 0. The molecule has 83 valence electrons. The van der Waals surface area contributed by atoms with Crippen LogP contribution in [0.2, 0.25) is 0 Å². The summed E-state index contributed by atoms with van der Waals surface area (Å²) in [4.78, 5) is 12.1. The number of anilines is 1. The molecule has 0 bridgehead atoms. The van der Waals surface area contributed by atoms with Gasteiger partial charge in [0.15, 0.2) is 5.78 Å². The molecule has 0 atom stereocenters. The van der Waals surface area contributed by atoms with Crippen molar-refractivity contribution >= 4 is 28.3 Å². The number of carbonyl (C=O) groups excluding carboxylic acids is 1. The van der Waals surface area contributed by atoms with E-state index < -0.39 is 0 Å². The number of rotatable bonds is 3. The third kappa shape index (κ3) is 3.75. The number of Topliss-reactive ketones (excluding diaryl/α,β-unsaturated/α-hetero) is 1. The minimum absolute atomic E-state index is 0. The molecule has 1 aliphatic rings. The zero-order valence-electron chi connectivity index (χ0n) is 9.25. The summed E-state index contributed by atoms with van der Waals surface area (Å²) in [5.74, 6) is -0.0520. The van der Waals surface area contributed by atoms with Crippen LogP contribution in [0.3, 0.4) is 0 Å². The number of carbonyl (C=O) groups is 1. The van der Waals surface area contributed by atoms with E-state index in [9.17, 15) is 4.79 Å². The molecule has 1 aromatic heterocycles. The van der Waals surface area contributed by atoms with E-state index in [1.165, 1.54) is 36.4 Å². The van der Waals surface area contributed by atoms with Crippen molar-refractivity contribution in [2.24, 2.45) is 5.10 Å². The van der Waals surface area contributed by atoms with Crippen molar-refractivity contribution in [1.29, 1.82) is 0 Å². The summed E-state index contributed by atoms with van der Waals surface area (Å²) in [6.07, 6.45) is 6.11. The van der Waals surface area contributed by atoms with Crippen LogP contribution in [-0.4, -0.2) is 12.0 Å². The van der Waals surface area contributed by atoms with Crippen molar-refractivity contribution in [2.75, 3.05) is 5.43 Å². The number of hydrazone groups is 1. The summed E-state index contributed by atoms with van der Waals surface area (Å²) >= 11 is 1.70. The summed E-state index contributed by atoms with van der Waals surface area (Å²) in [7, 11) is 0. The van der Waals surface area contributed by atoms with Gasteiger partial charge in [-0.05, 0) is 0 Å². The molecule has 16 heavy (non-hydrogen) atoms. The van der Waals surface area contributed by atoms with Gasteiger partial charge in [0.1, 0.15) is 0 Å². The molecule has 0 aliphatic heterocycles. The molecule has 0 saturated carbocycles. The van der Waals surface area contributed by atoms with E-state index in [4.69, 9.17) is 0 Å². The normalized spacial score (nSPS) is 14.3. The van der Waals surface area contributed by atoms with Crippen molar-refractivity contribution in [1.82, 2.24) is 0 Å². The smallest absolute Gasteiger partial charge is 0.172 e. The molecule has 0 spiro atoms. The first kappa shape index (κ1) is 14.0. The minimum atomic E-state index is -0.0520. The molecule has 2 rings (SSSR count). The van der Waals surface area contributed by atoms with Crippen molar-refractivity contribution in [3.8, 4) is 0 Å². The van der Waals surface area contributed by atoms with Crippen LogP contribution in [0.25, 0.3) is 0 Å². The molecule has 0 saturated heterocycles. The number of nitrogens with one attached hydrogen (secondary N) is 1. The monoisotopic (exact) mass is 310 g/mol. The summed E-state index contributed by atoms with van der Waals surface area (Å²) in [6, 6.07) is 3.29. The van der Waals surface area contributed by atoms with Gasteiger partial charge in [0.05, 0.1) is 6.21 Å². The molecular formula is C11H13N2OSY-. The first-order valence-electron chi connectivity index (χ1n) is 5.09. The van der Waals surface area contributed by atoms with Crippen LogP contribution in [0.4, 0.5) is 5.00 Å². The van der Waals surface area contributed by atoms with Gasteiger partial charge in [-0.3, -0.25) is 10.2 Å². The van der Waals surface area contributed by atoms with E-state index in [0.717, 1.165) is 17.8 Å². The number of hydrogen-bond donors (Lipinski definition) is 1. The third-order valence-corrected chi connectivity index (χ3v) is 3.41. The molecule has 0 aromatic carbocycles. The molecule has 1 aromatic rings. The van der Waals surface area contributed by atoms with E-state index in [1.807, 2.05) is 0 Å². The number of aryl methyl sites for hydroxylation is 2. The largest absolute Gasteiger partial charge is 0.293 e.